The molecule has 1 heterocycles. The van der Waals surface area contributed by atoms with Crippen LogP contribution in [0.1, 0.15) is 11.3 Å². The maximum atomic E-state index is 5.46. The number of fused-ring (bicyclic) bond motifs is 1. The number of hydrogen-bond acceptors (Lipinski definition) is 3. The Labute approximate surface area is 100 Å². The highest BCUT2D eigenvalue weighted by Crippen LogP contribution is 2.44. The zero-order valence-corrected chi connectivity index (χ0v) is 10.8. The fourth-order valence-electron chi connectivity index (χ4n) is 2.11. The van der Waals surface area contributed by atoms with Crippen molar-refractivity contribution in [1.29, 1.82) is 0 Å². The molecule has 17 heavy (non-hydrogen) atoms. The molecule has 0 unspecified atom stereocenters. The van der Waals surface area contributed by atoms with Crippen molar-refractivity contribution in [3.8, 4) is 17.2 Å². The quantitative estimate of drug-likeness (QED) is 0.889. The van der Waals surface area contributed by atoms with Crippen LogP contribution in [0, 0.1) is 13.8 Å². The van der Waals surface area contributed by atoms with Crippen molar-refractivity contribution in [3.05, 3.63) is 17.3 Å². The zero-order valence-electron chi connectivity index (χ0n) is 10.8. The van der Waals surface area contributed by atoms with Gasteiger partial charge in [-0.3, -0.25) is 0 Å². The highest BCUT2D eigenvalue weighted by molar-refractivity contribution is 5.94. The molecule has 0 saturated heterocycles. The summed E-state index contributed by atoms with van der Waals surface area (Å²) >= 11 is 0. The molecule has 0 aliphatic rings. The Kier molecular flexibility index (Phi) is 2.88. The normalized spacial score (nSPS) is 10.6. The summed E-state index contributed by atoms with van der Waals surface area (Å²) in [5.41, 5.74) is 3.28. The molecule has 0 radical (unpaired) electrons. The fraction of sp³-hybridized carbons (Fsp3) is 0.385. The molecule has 0 amide bonds. The van der Waals surface area contributed by atoms with Crippen LogP contribution in [-0.2, 0) is 0 Å². The van der Waals surface area contributed by atoms with E-state index in [1.165, 1.54) is 0 Å². The van der Waals surface area contributed by atoms with Crippen molar-refractivity contribution in [2.75, 3.05) is 21.3 Å². The predicted octanol–water partition coefficient (Wildman–Crippen LogP) is 2.81. The van der Waals surface area contributed by atoms with Crippen molar-refractivity contribution in [2.45, 2.75) is 13.8 Å². The van der Waals surface area contributed by atoms with Crippen LogP contribution >= 0.6 is 0 Å². The lowest BCUT2D eigenvalue weighted by Crippen LogP contribution is -1.95. The number of H-pyrrole nitrogens is 1. The minimum atomic E-state index is 0.629. The number of benzene rings is 1. The SMILES string of the molecule is COc1cc2[nH]c(C)c(C)c2c(OC)c1OC. The van der Waals surface area contributed by atoms with E-state index in [9.17, 15) is 0 Å². The Hall–Kier alpha value is -1.84. The molecule has 4 heteroatoms. The first-order valence-electron chi connectivity index (χ1n) is 5.41. The third-order valence-electron chi connectivity index (χ3n) is 3.09. The Morgan fingerprint density at radius 1 is 0.941 bits per heavy atom. The first-order chi connectivity index (χ1) is 8.13. The third kappa shape index (κ3) is 1.60. The first-order valence-corrected chi connectivity index (χ1v) is 5.41. The predicted molar refractivity (Wildman–Crippen MR) is 67.4 cm³/mol. The van der Waals surface area contributed by atoms with E-state index in [-0.39, 0.29) is 0 Å². The number of aromatic amines is 1. The minimum absolute atomic E-state index is 0.629. The van der Waals surface area contributed by atoms with Crippen molar-refractivity contribution >= 4 is 10.9 Å². The van der Waals surface area contributed by atoms with E-state index in [2.05, 4.69) is 11.9 Å². The largest absolute Gasteiger partial charge is 0.493 e. The number of rotatable bonds is 3. The highest BCUT2D eigenvalue weighted by Gasteiger charge is 2.19. The molecule has 0 aliphatic heterocycles. The van der Waals surface area contributed by atoms with Crippen molar-refractivity contribution in [2.24, 2.45) is 0 Å². The topological polar surface area (TPSA) is 43.5 Å². The second-order valence-corrected chi connectivity index (χ2v) is 3.94. The Balaban J connectivity index is 2.89. The van der Waals surface area contributed by atoms with Crippen molar-refractivity contribution < 1.29 is 14.2 Å². The maximum absolute atomic E-state index is 5.46. The average Bonchev–Trinajstić information content (AvgIpc) is 2.62. The standard InChI is InChI=1S/C13H17NO3/c1-7-8(2)14-9-6-10(15-3)12(16-4)13(17-5)11(7)9/h6,14H,1-5H3. The van der Waals surface area contributed by atoms with Gasteiger partial charge < -0.3 is 19.2 Å². The Morgan fingerprint density at radius 2 is 1.59 bits per heavy atom. The highest BCUT2D eigenvalue weighted by atomic mass is 16.5. The van der Waals surface area contributed by atoms with Gasteiger partial charge in [-0.1, -0.05) is 0 Å². The molecule has 1 aromatic heterocycles. The zero-order chi connectivity index (χ0) is 12.6. The van der Waals surface area contributed by atoms with Gasteiger partial charge in [-0.25, -0.2) is 0 Å². The van der Waals surface area contributed by atoms with E-state index in [4.69, 9.17) is 14.2 Å². The number of aryl methyl sites for hydroxylation is 2. The minimum Gasteiger partial charge on any atom is -0.493 e. The van der Waals surface area contributed by atoms with Gasteiger partial charge in [-0.05, 0) is 19.4 Å². The van der Waals surface area contributed by atoms with Crippen LogP contribution in [0.3, 0.4) is 0 Å². The second-order valence-electron chi connectivity index (χ2n) is 3.94. The second kappa shape index (κ2) is 4.20. The van der Waals surface area contributed by atoms with Crippen molar-refractivity contribution in [3.63, 3.8) is 0 Å². The smallest absolute Gasteiger partial charge is 0.204 e. The van der Waals surface area contributed by atoms with Crippen molar-refractivity contribution in [1.82, 2.24) is 4.98 Å². The number of nitrogens with one attached hydrogen (secondary N) is 1. The van der Waals surface area contributed by atoms with E-state index < -0.39 is 0 Å². The van der Waals surface area contributed by atoms with Crippen LogP contribution in [0.15, 0.2) is 6.07 Å². The number of ether oxygens (including phenoxy) is 3. The maximum Gasteiger partial charge on any atom is 0.204 e. The Bertz CT molecular complexity index is 558. The first kappa shape index (κ1) is 11.6. The van der Waals surface area contributed by atoms with Crippen LogP contribution in [0.25, 0.3) is 10.9 Å². The number of methoxy groups -OCH3 is 3. The van der Waals surface area contributed by atoms with Crippen LogP contribution in [0.2, 0.25) is 0 Å². The van der Waals surface area contributed by atoms with Gasteiger partial charge in [0.05, 0.1) is 26.8 Å². The van der Waals surface area contributed by atoms with Gasteiger partial charge >= 0.3 is 0 Å². The summed E-state index contributed by atoms with van der Waals surface area (Å²) in [6, 6.07) is 1.93. The van der Waals surface area contributed by atoms with E-state index in [0.29, 0.717) is 17.2 Å². The van der Waals surface area contributed by atoms with Crippen LogP contribution in [-0.4, -0.2) is 26.3 Å². The summed E-state index contributed by atoms with van der Waals surface area (Å²) in [6.07, 6.45) is 0. The lowest BCUT2D eigenvalue weighted by molar-refractivity contribution is 0.327. The average molecular weight is 235 g/mol. The number of hydrogen-bond donors (Lipinski definition) is 1. The molecule has 0 spiro atoms. The lowest BCUT2D eigenvalue weighted by Gasteiger charge is -2.13. The molecule has 92 valence electrons. The van der Waals surface area contributed by atoms with Gasteiger partial charge in [0, 0.05) is 17.1 Å². The summed E-state index contributed by atoms with van der Waals surface area (Å²) in [7, 11) is 4.87. The molecule has 0 atom stereocenters. The van der Waals surface area contributed by atoms with Gasteiger partial charge in [0.1, 0.15) is 0 Å². The lowest BCUT2D eigenvalue weighted by atomic mass is 10.1. The molecule has 2 aromatic rings. The van der Waals surface area contributed by atoms with Crippen LogP contribution in [0.4, 0.5) is 0 Å². The monoisotopic (exact) mass is 235 g/mol. The summed E-state index contributed by atoms with van der Waals surface area (Å²) < 4.78 is 16.1. The fourth-order valence-corrected chi connectivity index (χ4v) is 2.11. The summed E-state index contributed by atoms with van der Waals surface area (Å²) in [5.74, 6) is 2.01. The Morgan fingerprint density at radius 3 is 2.12 bits per heavy atom. The van der Waals surface area contributed by atoms with Gasteiger partial charge in [0.25, 0.3) is 0 Å². The van der Waals surface area contributed by atoms with Gasteiger partial charge in [0.15, 0.2) is 11.5 Å². The van der Waals surface area contributed by atoms with Gasteiger partial charge in [0.2, 0.25) is 5.75 Å². The molecular weight excluding hydrogens is 218 g/mol. The van der Waals surface area contributed by atoms with Crippen LogP contribution in [0.5, 0.6) is 17.2 Å². The molecule has 2 rings (SSSR count). The van der Waals surface area contributed by atoms with Gasteiger partial charge in [-0.2, -0.15) is 0 Å². The summed E-state index contributed by atoms with van der Waals surface area (Å²) in [5, 5.41) is 1.04. The molecule has 0 bridgehead atoms. The van der Waals surface area contributed by atoms with E-state index in [0.717, 1.165) is 22.2 Å². The molecular formula is C13H17NO3. The van der Waals surface area contributed by atoms with Gasteiger partial charge in [-0.15, -0.1) is 0 Å². The molecule has 4 nitrogen and oxygen atoms in total. The molecule has 0 aliphatic carbocycles. The summed E-state index contributed by atoms with van der Waals surface area (Å²) in [4.78, 5) is 3.31. The van der Waals surface area contributed by atoms with E-state index in [1.54, 1.807) is 21.3 Å². The third-order valence-corrected chi connectivity index (χ3v) is 3.09. The molecule has 0 fully saturated rings. The molecule has 1 N–H and O–H groups in total. The number of aromatic nitrogens is 1. The van der Waals surface area contributed by atoms with E-state index >= 15 is 0 Å². The van der Waals surface area contributed by atoms with E-state index in [1.807, 2.05) is 13.0 Å². The molecule has 0 saturated carbocycles. The summed E-state index contributed by atoms with van der Waals surface area (Å²) in [6.45, 7) is 4.09. The van der Waals surface area contributed by atoms with Crippen LogP contribution < -0.4 is 14.2 Å². The molecule has 1 aromatic carbocycles.